The molecule has 9 nitrogen and oxygen atoms in total. The third-order valence-corrected chi connectivity index (χ3v) is 4.57. The van der Waals surface area contributed by atoms with E-state index in [1.54, 1.807) is 0 Å². The second kappa shape index (κ2) is 6.95. The molecule has 0 unspecified atom stereocenters. The van der Waals surface area contributed by atoms with Gasteiger partial charge in [0.15, 0.2) is 0 Å². The number of hydrogen-bond donors (Lipinski definition) is 1. The van der Waals surface area contributed by atoms with Crippen molar-refractivity contribution >= 4 is 29.1 Å². The van der Waals surface area contributed by atoms with Crippen molar-refractivity contribution in [3.8, 4) is 5.75 Å². The molecule has 2 atom stereocenters. The maximum Gasteiger partial charge on any atom is 0.273 e. The van der Waals surface area contributed by atoms with E-state index in [1.807, 2.05) is 12.2 Å². The number of non-ortho nitro benzene ring substituents is 1. The normalized spacial score (nSPS) is 21.5. The van der Waals surface area contributed by atoms with Crippen LogP contribution >= 0.6 is 0 Å². The molecule has 1 aromatic rings. The van der Waals surface area contributed by atoms with Gasteiger partial charge in [-0.05, 0) is 18.9 Å². The van der Waals surface area contributed by atoms with Crippen molar-refractivity contribution in [3.63, 3.8) is 0 Å². The summed E-state index contributed by atoms with van der Waals surface area (Å²) in [7, 11) is 1.32. The first-order valence-electron chi connectivity index (χ1n) is 8.05. The van der Waals surface area contributed by atoms with Crippen LogP contribution in [0.4, 0.5) is 11.4 Å². The van der Waals surface area contributed by atoms with Gasteiger partial charge in [0.25, 0.3) is 5.69 Å². The SMILES string of the molecule is COc1cc([N+](=O)[O-])ccc1NC(=O)CN1C(=O)[C@H]2CC=CC[C@H]2C1=O. The fourth-order valence-corrected chi connectivity index (χ4v) is 3.25. The first-order valence-corrected chi connectivity index (χ1v) is 8.05. The minimum absolute atomic E-state index is 0.115. The van der Waals surface area contributed by atoms with Crippen molar-refractivity contribution in [2.75, 3.05) is 19.0 Å². The number of nitrogens with zero attached hydrogens (tertiary/aromatic N) is 2. The Labute approximate surface area is 148 Å². The Hall–Kier alpha value is -3.23. The first-order chi connectivity index (χ1) is 12.4. The smallest absolute Gasteiger partial charge is 0.273 e. The molecule has 0 saturated carbocycles. The number of ether oxygens (including phenoxy) is 1. The number of methoxy groups -OCH3 is 1. The molecule has 1 fully saturated rings. The Balaban J connectivity index is 1.71. The highest BCUT2D eigenvalue weighted by Gasteiger charge is 2.47. The molecule has 0 radical (unpaired) electrons. The van der Waals surface area contributed by atoms with Gasteiger partial charge >= 0.3 is 0 Å². The van der Waals surface area contributed by atoms with Gasteiger partial charge in [0.05, 0.1) is 35.6 Å². The van der Waals surface area contributed by atoms with Crippen molar-refractivity contribution in [1.29, 1.82) is 0 Å². The zero-order chi connectivity index (χ0) is 18.8. The molecule has 1 aliphatic heterocycles. The number of anilines is 1. The Bertz CT molecular complexity index is 793. The number of fused-ring (bicyclic) bond motifs is 1. The van der Waals surface area contributed by atoms with E-state index >= 15 is 0 Å². The summed E-state index contributed by atoms with van der Waals surface area (Å²) in [6, 6.07) is 3.75. The fourth-order valence-electron chi connectivity index (χ4n) is 3.25. The number of likely N-dealkylation sites (tertiary alicyclic amines) is 1. The molecule has 2 aliphatic rings. The monoisotopic (exact) mass is 359 g/mol. The van der Waals surface area contributed by atoms with Crippen molar-refractivity contribution in [1.82, 2.24) is 4.90 Å². The van der Waals surface area contributed by atoms with E-state index in [0.29, 0.717) is 12.8 Å². The van der Waals surface area contributed by atoms with Gasteiger partial charge in [-0.15, -0.1) is 0 Å². The van der Waals surface area contributed by atoms with E-state index in [9.17, 15) is 24.5 Å². The summed E-state index contributed by atoms with van der Waals surface area (Å²) in [5, 5.41) is 13.3. The highest BCUT2D eigenvalue weighted by Crippen LogP contribution is 2.35. The molecular formula is C17H17N3O6. The summed E-state index contributed by atoms with van der Waals surface area (Å²) in [6.45, 7) is -0.398. The maximum absolute atomic E-state index is 12.4. The number of rotatable bonds is 5. The number of nitrogens with one attached hydrogen (secondary N) is 1. The van der Waals surface area contributed by atoms with Crippen LogP contribution < -0.4 is 10.1 Å². The van der Waals surface area contributed by atoms with Gasteiger partial charge < -0.3 is 10.1 Å². The topological polar surface area (TPSA) is 119 Å². The van der Waals surface area contributed by atoms with Crippen LogP contribution in [-0.2, 0) is 14.4 Å². The first kappa shape index (κ1) is 17.6. The quantitative estimate of drug-likeness (QED) is 0.368. The van der Waals surface area contributed by atoms with Gasteiger partial charge in [0.2, 0.25) is 17.7 Å². The highest BCUT2D eigenvalue weighted by atomic mass is 16.6. The van der Waals surface area contributed by atoms with Crippen LogP contribution in [0.1, 0.15) is 12.8 Å². The number of nitro groups is 1. The van der Waals surface area contributed by atoms with E-state index in [2.05, 4.69) is 5.32 Å². The van der Waals surface area contributed by atoms with Crippen LogP contribution in [0.15, 0.2) is 30.4 Å². The van der Waals surface area contributed by atoms with E-state index in [0.717, 1.165) is 4.90 Å². The number of carbonyl (C=O) groups excluding carboxylic acids is 3. The van der Waals surface area contributed by atoms with E-state index in [4.69, 9.17) is 4.74 Å². The lowest BCUT2D eigenvalue weighted by Crippen LogP contribution is -2.38. The van der Waals surface area contributed by atoms with Crippen LogP contribution in [0.3, 0.4) is 0 Å². The van der Waals surface area contributed by atoms with E-state index < -0.39 is 29.2 Å². The zero-order valence-electron chi connectivity index (χ0n) is 14.0. The second-order valence-corrected chi connectivity index (χ2v) is 6.11. The molecule has 1 saturated heterocycles. The van der Waals surface area contributed by atoms with Crippen molar-refractivity contribution in [2.45, 2.75) is 12.8 Å². The largest absolute Gasteiger partial charge is 0.494 e. The van der Waals surface area contributed by atoms with Gasteiger partial charge in [-0.25, -0.2) is 0 Å². The summed E-state index contributed by atoms with van der Waals surface area (Å²) in [5.41, 5.74) is 0.0441. The number of nitro benzene ring substituents is 1. The minimum atomic E-state index is -0.578. The molecule has 0 bridgehead atoms. The number of amides is 3. The van der Waals surface area contributed by atoms with Gasteiger partial charge in [0, 0.05) is 6.07 Å². The number of benzene rings is 1. The lowest BCUT2D eigenvalue weighted by atomic mass is 9.85. The van der Waals surface area contributed by atoms with Gasteiger partial charge in [-0.1, -0.05) is 12.2 Å². The fraction of sp³-hybridized carbons (Fsp3) is 0.353. The lowest BCUT2D eigenvalue weighted by Gasteiger charge is -2.15. The summed E-state index contributed by atoms with van der Waals surface area (Å²) in [6.07, 6.45) is 4.75. The van der Waals surface area contributed by atoms with E-state index in [1.165, 1.54) is 25.3 Å². The molecule has 0 spiro atoms. The second-order valence-electron chi connectivity index (χ2n) is 6.11. The standard InChI is InChI=1S/C17H17N3O6/c1-26-14-8-10(20(24)25)6-7-13(14)18-15(21)9-19-16(22)11-4-2-3-5-12(11)17(19)23/h2-3,6-8,11-12H,4-5,9H2,1H3,(H,18,21)/t11-,12+. The number of allylic oxidation sites excluding steroid dienone is 2. The average molecular weight is 359 g/mol. The van der Waals surface area contributed by atoms with Crippen molar-refractivity contribution in [2.24, 2.45) is 11.8 Å². The summed E-state index contributed by atoms with van der Waals surface area (Å²) in [4.78, 5) is 48.2. The third-order valence-electron chi connectivity index (χ3n) is 4.57. The highest BCUT2D eigenvalue weighted by molar-refractivity contribution is 6.09. The summed E-state index contributed by atoms with van der Waals surface area (Å²) >= 11 is 0. The average Bonchev–Trinajstić information content (AvgIpc) is 2.87. The molecule has 1 aromatic carbocycles. The molecule has 3 rings (SSSR count). The van der Waals surface area contributed by atoms with Crippen molar-refractivity contribution in [3.05, 3.63) is 40.5 Å². The third kappa shape index (κ3) is 3.15. The lowest BCUT2D eigenvalue weighted by molar-refractivity contribution is -0.384. The van der Waals surface area contributed by atoms with Crippen LogP contribution in [0.2, 0.25) is 0 Å². The van der Waals surface area contributed by atoms with Gasteiger partial charge in [-0.2, -0.15) is 0 Å². The summed E-state index contributed by atoms with van der Waals surface area (Å²) in [5.74, 6) is -1.93. The molecule has 3 amide bonds. The molecule has 0 aromatic heterocycles. The zero-order valence-corrected chi connectivity index (χ0v) is 14.0. The van der Waals surface area contributed by atoms with Gasteiger partial charge in [-0.3, -0.25) is 29.4 Å². The Kier molecular flexibility index (Phi) is 4.70. The molecular weight excluding hydrogens is 342 g/mol. The molecule has 26 heavy (non-hydrogen) atoms. The minimum Gasteiger partial charge on any atom is -0.494 e. The van der Waals surface area contributed by atoms with E-state index in [-0.39, 0.29) is 28.9 Å². The Morgan fingerprint density at radius 2 is 1.88 bits per heavy atom. The number of imide groups is 1. The predicted molar refractivity (Wildman–Crippen MR) is 90.4 cm³/mol. The van der Waals surface area contributed by atoms with Crippen molar-refractivity contribution < 1.29 is 24.0 Å². The molecule has 136 valence electrons. The Morgan fingerprint density at radius 1 is 1.27 bits per heavy atom. The predicted octanol–water partition coefficient (Wildman–Crippen LogP) is 1.49. The van der Waals surface area contributed by atoms with Crippen LogP contribution in [0.25, 0.3) is 0 Å². The summed E-state index contributed by atoms with van der Waals surface area (Å²) < 4.78 is 5.05. The van der Waals surface area contributed by atoms with Gasteiger partial charge in [0.1, 0.15) is 12.3 Å². The molecule has 1 aliphatic carbocycles. The number of carbonyl (C=O) groups is 3. The number of hydrogen-bond acceptors (Lipinski definition) is 6. The molecule has 1 heterocycles. The van der Waals surface area contributed by atoms with Crippen LogP contribution in [0, 0.1) is 22.0 Å². The Morgan fingerprint density at radius 3 is 2.42 bits per heavy atom. The van der Waals surface area contributed by atoms with Crippen LogP contribution in [0.5, 0.6) is 5.75 Å². The van der Waals surface area contributed by atoms with Crippen LogP contribution in [-0.4, -0.2) is 41.2 Å². The molecule has 1 N–H and O–H groups in total. The molecule has 9 heteroatoms. The maximum atomic E-state index is 12.4.